The van der Waals surface area contributed by atoms with Gasteiger partial charge in [-0.2, -0.15) is 0 Å². The van der Waals surface area contributed by atoms with Crippen LogP contribution in [0.1, 0.15) is 194 Å². The molecule has 0 amide bonds. The van der Waals surface area contributed by atoms with Crippen LogP contribution in [0.2, 0.25) is 0 Å². The van der Waals surface area contributed by atoms with E-state index in [1.54, 1.807) is 0 Å². The van der Waals surface area contributed by atoms with Crippen molar-refractivity contribution in [3.05, 3.63) is 24.3 Å². The third kappa shape index (κ3) is 42.0. The summed E-state index contributed by atoms with van der Waals surface area (Å²) in [6.45, 7) is 5.39. The van der Waals surface area contributed by atoms with Crippen LogP contribution in [0.3, 0.4) is 0 Å². The summed E-state index contributed by atoms with van der Waals surface area (Å²) in [6, 6.07) is 0. The number of carbonyl (C=O) groups is 1. The number of allylic oxidation sites excluding steroid dienone is 4. The van der Waals surface area contributed by atoms with Gasteiger partial charge in [0.15, 0.2) is 0 Å². The van der Waals surface area contributed by atoms with Crippen molar-refractivity contribution >= 4 is 13.8 Å². The Morgan fingerprint density at radius 1 is 0.566 bits per heavy atom. The minimum atomic E-state index is -4.52. The average molecular weight is 772 g/mol. The highest BCUT2D eigenvalue weighted by Gasteiger charge is 2.20. The molecule has 53 heavy (non-hydrogen) atoms. The number of hydrogen-bond acceptors (Lipinski definition) is 7. The van der Waals surface area contributed by atoms with E-state index in [0.29, 0.717) is 24.1 Å². The first-order chi connectivity index (χ1) is 25.6. The van der Waals surface area contributed by atoms with Gasteiger partial charge < -0.3 is 27.9 Å². The summed E-state index contributed by atoms with van der Waals surface area (Å²) in [5, 5.41) is 0. The number of phosphoric acid groups is 1. The van der Waals surface area contributed by atoms with Crippen molar-refractivity contribution in [2.75, 3.05) is 54.1 Å². The first-order valence-electron chi connectivity index (χ1n) is 22.1. The summed E-state index contributed by atoms with van der Waals surface area (Å²) >= 11 is 0. The van der Waals surface area contributed by atoms with Crippen molar-refractivity contribution in [3.63, 3.8) is 0 Å². The van der Waals surface area contributed by atoms with E-state index in [0.717, 1.165) is 44.9 Å². The maximum Gasteiger partial charge on any atom is 0.306 e. The fourth-order valence-electron chi connectivity index (χ4n) is 6.01. The first kappa shape index (κ1) is 52.0. The molecule has 0 radical (unpaired) electrons. The van der Waals surface area contributed by atoms with Crippen molar-refractivity contribution in [2.24, 2.45) is 0 Å². The Labute approximate surface area is 328 Å². The lowest BCUT2D eigenvalue weighted by atomic mass is 10.1. The Morgan fingerprint density at radius 2 is 0.981 bits per heavy atom. The zero-order valence-electron chi connectivity index (χ0n) is 35.5. The Kier molecular flexibility index (Phi) is 37.2. The second-order valence-electron chi connectivity index (χ2n) is 16.0. The topological polar surface area (TPSA) is 94.1 Å². The van der Waals surface area contributed by atoms with Crippen LogP contribution in [0.5, 0.6) is 0 Å². The quantitative estimate of drug-likeness (QED) is 0.0201. The zero-order valence-corrected chi connectivity index (χ0v) is 36.4. The predicted molar refractivity (Wildman–Crippen MR) is 222 cm³/mol. The van der Waals surface area contributed by atoms with Crippen LogP contribution in [0.15, 0.2) is 24.3 Å². The molecule has 0 spiro atoms. The zero-order chi connectivity index (χ0) is 39.1. The van der Waals surface area contributed by atoms with E-state index in [2.05, 4.69) is 38.2 Å². The van der Waals surface area contributed by atoms with Gasteiger partial charge in [0.2, 0.25) is 0 Å². The number of phosphoric ester groups is 1. The fraction of sp³-hybridized carbons (Fsp3) is 0.886. The third-order valence-electron chi connectivity index (χ3n) is 9.48. The van der Waals surface area contributed by atoms with E-state index in [4.69, 9.17) is 18.5 Å². The van der Waals surface area contributed by atoms with Crippen LogP contribution in [0, 0.1) is 0 Å². The number of rotatable bonds is 41. The molecule has 0 saturated heterocycles. The molecule has 0 fully saturated rings. The van der Waals surface area contributed by atoms with Crippen molar-refractivity contribution in [1.29, 1.82) is 0 Å². The highest BCUT2D eigenvalue weighted by atomic mass is 31.2. The minimum Gasteiger partial charge on any atom is -0.756 e. The van der Waals surface area contributed by atoms with Gasteiger partial charge in [0.1, 0.15) is 19.3 Å². The Hall–Kier alpha value is -1.02. The van der Waals surface area contributed by atoms with Crippen LogP contribution < -0.4 is 4.89 Å². The highest BCUT2D eigenvalue weighted by molar-refractivity contribution is 7.45. The van der Waals surface area contributed by atoms with Gasteiger partial charge in [-0.1, -0.05) is 147 Å². The number of ether oxygens (including phenoxy) is 2. The maximum atomic E-state index is 12.7. The number of unbranched alkanes of at least 4 members (excludes halogenated alkanes) is 23. The molecule has 0 aliphatic heterocycles. The Balaban J connectivity index is 4.25. The van der Waals surface area contributed by atoms with Crippen LogP contribution >= 0.6 is 7.82 Å². The molecule has 0 bridgehead atoms. The van der Waals surface area contributed by atoms with Crippen LogP contribution in [0.25, 0.3) is 0 Å². The van der Waals surface area contributed by atoms with E-state index in [9.17, 15) is 14.3 Å². The molecular weight excluding hydrogens is 685 g/mol. The molecule has 0 saturated carbocycles. The summed E-state index contributed by atoms with van der Waals surface area (Å²) in [7, 11) is 1.35. The lowest BCUT2D eigenvalue weighted by Gasteiger charge is -2.28. The molecule has 8 nitrogen and oxygen atoms in total. The number of esters is 1. The van der Waals surface area contributed by atoms with Crippen LogP contribution in [0.4, 0.5) is 0 Å². The van der Waals surface area contributed by atoms with Crippen molar-refractivity contribution in [3.8, 4) is 0 Å². The summed E-state index contributed by atoms with van der Waals surface area (Å²) in [5.74, 6) is -0.344. The second-order valence-corrected chi connectivity index (χ2v) is 17.5. The molecule has 2 unspecified atom stereocenters. The molecule has 2 atom stereocenters. The minimum absolute atomic E-state index is 0.0245. The molecule has 0 aliphatic carbocycles. The van der Waals surface area contributed by atoms with Gasteiger partial charge in [0.05, 0.1) is 34.4 Å². The lowest BCUT2D eigenvalue weighted by molar-refractivity contribution is -0.870. The summed E-state index contributed by atoms with van der Waals surface area (Å²) in [6.07, 6.45) is 41.8. The number of likely N-dealkylation sites (N-methyl/N-ethyl adjacent to an activating group) is 1. The van der Waals surface area contributed by atoms with Crippen molar-refractivity contribution in [1.82, 2.24) is 0 Å². The SMILES string of the molecule is CCCCCCCCC=CCCCCCCCCOCC(COP(=O)([O-])OCC[N+](C)(C)C)OC(=O)CCCCCCCC=CCCCCCCCC. The first-order valence-corrected chi connectivity index (χ1v) is 23.5. The van der Waals surface area contributed by atoms with Gasteiger partial charge in [-0.25, -0.2) is 0 Å². The average Bonchev–Trinajstić information content (AvgIpc) is 3.11. The predicted octanol–water partition coefficient (Wildman–Crippen LogP) is 12.2. The smallest absolute Gasteiger partial charge is 0.306 e. The fourth-order valence-corrected chi connectivity index (χ4v) is 6.73. The van der Waals surface area contributed by atoms with E-state index in [-0.39, 0.29) is 25.8 Å². The molecule has 9 heteroatoms. The van der Waals surface area contributed by atoms with E-state index in [1.807, 2.05) is 21.1 Å². The van der Waals surface area contributed by atoms with Gasteiger partial charge >= 0.3 is 5.97 Å². The molecular formula is C44H86NO7P. The maximum absolute atomic E-state index is 12.7. The van der Waals surface area contributed by atoms with Gasteiger partial charge in [-0.15, -0.1) is 0 Å². The summed E-state index contributed by atoms with van der Waals surface area (Å²) in [4.78, 5) is 25.0. The number of quaternary nitrogens is 1. The molecule has 0 heterocycles. The molecule has 0 rings (SSSR count). The Morgan fingerprint density at radius 3 is 1.43 bits per heavy atom. The lowest BCUT2D eigenvalue weighted by Crippen LogP contribution is -2.37. The summed E-state index contributed by atoms with van der Waals surface area (Å²) < 4.78 is 34.6. The third-order valence-corrected chi connectivity index (χ3v) is 10.4. The number of carbonyl (C=O) groups excluding carboxylic acids is 1. The monoisotopic (exact) mass is 772 g/mol. The molecule has 0 aromatic rings. The van der Waals surface area contributed by atoms with Gasteiger partial charge in [-0.05, 0) is 64.2 Å². The number of nitrogens with zero attached hydrogens (tertiary/aromatic N) is 1. The van der Waals surface area contributed by atoms with Gasteiger partial charge in [0.25, 0.3) is 7.82 Å². The van der Waals surface area contributed by atoms with E-state index < -0.39 is 13.9 Å². The second kappa shape index (κ2) is 37.9. The molecule has 0 N–H and O–H groups in total. The van der Waals surface area contributed by atoms with Gasteiger partial charge in [0, 0.05) is 13.0 Å². The molecule has 0 aliphatic rings. The summed E-state index contributed by atoms with van der Waals surface area (Å²) in [5.41, 5.74) is 0. The van der Waals surface area contributed by atoms with Gasteiger partial charge in [-0.3, -0.25) is 9.36 Å². The van der Waals surface area contributed by atoms with E-state index in [1.165, 1.54) is 128 Å². The van der Waals surface area contributed by atoms with Crippen LogP contribution in [-0.2, 0) is 27.9 Å². The standard InChI is InChI=1S/C44H86NO7P/c1-6-8-10-12-14-16-18-20-22-24-26-28-30-32-34-36-39-49-41-43(42-51-53(47,48)50-40-38-45(3,4)5)52-44(46)37-35-33-31-29-27-25-23-21-19-17-15-13-11-9-7-2/h20-23,43H,6-19,24-42H2,1-5H3. The molecule has 0 aromatic carbocycles. The van der Waals surface area contributed by atoms with Crippen molar-refractivity contribution in [2.45, 2.75) is 200 Å². The number of hydrogen-bond donors (Lipinski definition) is 0. The van der Waals surface area contributed by atoms with Crippen molar-refractivity contribution < 1.29 is 37.3 Å². The Bertz CT molecular complexity index is 905. The largest absolute Gasteiger partial charge is 0.756 e. The highest BCUT2D eigenvalue weighted by Crippen LogP contribution is 2.38. The molecule has 314 valence electrons. The van der Waals surface area contributed by atoms with E-state index >= 15 is 0 Å². The van der Waals surface area contributed by atoms with Crippen LogP contribution in [-0.4, -0.2) is 70.7 Å². The molecule has 0 aromatic heterocycles. The normalized spacial score (nSPS) is 14.0.